The third-order valence-corrected chi connectivity index (χ3v) is 4.06. The molecule has 116 valence electrons. The van der Waals surface area contributed by atoms with Gasteiger partial charge in [-0.2, -0.15) is 5.10 Å². The van der Waals surface area contributed by atoms with E-state index >= 15 is 0 Å². The average Bonchev–Trinajstić information content (AvgIpc) is 3.02. The molecule has 0 saturated heterocycles. The molecule has 4 rings (SSSR count). The van der Waals surface area contributed by atoms with Crippen molar-refractivity contribution < 1.29 is 14.3 Å². The minimum absolute atomic E-state index is 0.185. The molecule has 23 heavy (non-hydrogen) atoms. The van der Waals surface area contributed by atoms with Crippen molar-refractivity contribution in [3.05, 3.63) is 59.7 Å². The molecule has 1 heterocycles. The van der Waals surface area contributed by atoms with Crippen molar-refractivity contribution in [2.75, 3.05) is 6.61 Å². The largest absolute Gasteiger partial charge is 0.485 e. The Balaban J connectivity index is 1.45. The molecule has 1 N–H and O–H groups in total. The van der Waals surface area contributed by atoms with Gasteiger partial charge in [-0.05, 0) is 30.5 Å². The molecule has 0 bridgehead atoms. The summed E-state index contributed by atoms with van der Waals surface area (Å²) in [4.78, 5) is 12.3. The van der Waals surface area contributed by atoms with E-state index in [9.17, 15) is 4.79 Å². The first-order valence-electron chi connectivity index (χ1n) is 7.64. The number of fused-ring (bicyclic) bond motifs is 2. The van der Waals surface area contributed by atoms with Gasteiger partial charge in [-0.25, -0.2) is 5.43 Å². The van der Waals surface area contributed by atoms with Crippen LogP contribution in [0.4, 0.5) is 0 Å². The molecule has 2 aliphatic rings. The zero-order chi connectivity index (χ0) is 15.6. The molecule has 0 unspecified atom stereocenters. The van der Waals surface area contributed by atoms with E-state index in [1.165, 1.54) is 5.56 Å². The molecular formula is C18H16N2O3. The maximum absolute atomic E-state index is 12.3. The van der Waals surface area contributed by atoms with E-state index in [1.54, 1.807) is 6.07 Å². The number of rotatable bonds is 2. The molecule has 0 fully saturated rings. The number of carbonyl (C=O) groups is 1. The van der Waals surface area contributed by atoms with Crippen molar-refractivity contribution in [2.24, 2.45) is 5.10 Å². The number of ether oxygens (including phenoxy) is 2. The van der Waals surface area contributed by atoms with Gasteiger partial charge in [0.25, 0.3) is 5.91 Å². The lowest BCUT2D eigenvalue weighted by Gasteiger charge is -2.24. The van der Waals surface area contributed by atoms with Crippen molar-refractivity contribution in [2.45, 2.75) is 18.9 Å². The van der Waals surface area contributed by atoms with Gasteiger partial charge in [0.15, 0.2) is 11.5 Å². The van der Waals surface area contributed by atoms with Crippen LogP contribution in [0.25, 0.3) is 0 Å². The monoisotopic (exact) mass is 308 g/mol. The summed E-state index contributed by atoms with van der Waals surface area (Å²) in [5.41, 5.74) is 5.90. The number of aryl methyl sites for hydroxylation is 1. The summed E-state index contributed by atoms with van der Waals surface area (Å²) < 4.78 is 11.2. The van der Waals surface area contributed by atoms with Crippen LogP contribution >= 0.6 is 0 Å². The molecule has 0 radical (unpaired) electrons. The summed E-state index contributed by atoms with van der Waals surface area (Å²) in [6.07, 6.45) is 1.11. The van der Waals surface area contributed by atoms with E-state index in [4.69, 9.17) is 9.47 Å². The van der Waals surface area contributed by atoms with Gasteiger partial charge < -0.3 is 9.47 Å². The van der Waals surface area contributed by atoms with E-state index < -0.39 is 6.10 Å². The van der Waals surface area contributed by atoms with Crippen LogP contribution in [0.1, 0.15) is 17.5 Å². The molecule has 0 aromatic heterocycles. The van der Waals surface area contributed by atoms with Crippen LogP contribution in [0.15, 0.2) is 53.6 Å². The van der Waals surface area contributed by atoms with Gasteiger partial charge in [0.05, 0.1) is 5.71 Å². The van der Waals surface area contributed by atoms with Gasteiger partial charge in [0, 0.05) is 5.56 Å². The van der Waals surface area contributed by atoms with Gasteiger partial charge >= 0.3 is 0 Å². The topological polar surface area (TPSA) is 59.9 Å². The second kappa shape index (κ2) is 5.76. The van der Waals surface area contributed by atoms with Crippen LogP contribution in [0, 0.1) is 0 Å². The fourth-order valence-corrected chi connectivity index (χ4v) is 2.87. The van der Waals surface area contributed by atoms with Gasteiger partial charge in [-0.3, -0.25) is 4.79 Å². The van der Waals surface area contributed by atoms with Gasteiger partial charge in [0.2, 0.25) is 6.10 Å². The molecule has 5 nitrogen and oxygen atoms in total. The van der Waals surface area contributed by atoms with Crippen molar-refractivity contribution >= 4 is 11.6 Å². The molecule has 5 heteroatoms. The summed E-state index contributed by atoms with van der Waals surface area (Å²) in [5, 5.41) is 4.28. The van der Waals surface area contributed by atoms with Crippen molar-refractivity contribution in [3.63, 3.8) is 0 Å². The molecule has 2 aromatic carbocycles. The number of nitrogens with zero attached hydrogens (tertiary/aromatic N) is 1. The van der Waals surface area contributed by atoms with E-state index in [1.807, 2.05) is 36.4 Å². The Kier molecular flexibility index (Phi) is 3.46. The SMILES string of the molecule is O=C(N/N=C1/CCc2ccccc21)[C@@H]1COc2ccccc2O1. The highest BCUT2D eigenvalue weighted by molar-refractivity contribution is 6.04. The smallest absolute Gasteiger partial charge is 0.284 e. The maximum Gasteiger partial charge on any atom is 0.284 e. The maximum atomic E-state index is 12.3. The summed E-state index contributed by atoms with van der Waals surface area (Å²) >= 11 is 0. The fraction of sp³-hybridized carbons (Fsp3) is 0.222. The highest BCUT2D eigenvalue weighted by Crippen LogP contribution is 2.30. The molecular weight excluding hydrogens is 292 g/mol. The van der Waals surface area contributed by atoms with E-state index in [0.717, 1.165) is 24.1 Å². The third-order valence-electron chi connectivity index (χ3n) is 4.06. The Hall–Kier alpha value is -2.82. The highest BCUT2D eigenvalue weighted by atomic mass is 16.6. The number of amides is 1. The van der Waals surface area contributed by atoms with E-state index in [0.29, 0.717) is 11.5 Å². The predicted octanol–water partition coefficient (Wildman–Crippen LogP) is 2.29. The number of para-hydroxylation sites is 2. The second-order valence-corrected chi connectivity index (χ2v) is 5.56. The Morgan fingerprint density at radius 2 is 1.83 bits per heavy atom. The normalized spacial score (nSPS) is 20.2. The van der Waals surface area contributed by atoms with Gasteiger partial charge in [-0.15, -0.1) is 0 Å². The van der Waals surface area contributed by atoms with Crippen LogP contribution < -0.4 is 14.9 Å². The first-order chi connectivity index (χ1) is 11.3. The second-order valence-electron chi connectivity index (χ2n) is 5.56. The lowest BCUT2D eigenvalue weighted by molar-refractivity contribution is -0.130. The first kappa shape index (κ1) is 13.8. The van der Waals surface area contributed by atoms with Gasteiger partial charge in [0.1, 0.15) is 6.61 Å². The van der Waals surface area contributed by atoms with Crippen LogP contribution in [-0.4, -0.2) is 24.3 Å². The number of nitrogens with one attached hydrogen (secondary N) is 1. The van der Waals surface area contributed by atoms with Crippen LogP contribution in [0.5, 0.6) is 11.5 Å². The summed E-state index contributed by atoms with van der Waals surface area (Å²) in [6, 6.07) is 15.4. The van der Waals surface area contributed by atoms with E-state index in [2.05, 4.69) is 16.6 Å². The Morgan fingerprint density at radius 3 is 2.74 bits per heavy atom. The number of hydrogen-bond donors (Lipinski definition) is 1. The molecule has 1 aliphatic heterocycles. The quantitative estimate of drug-likeness (QED) is 0.866. The van der Waals surface area contributed by atoms with Crippen molar-refractivity contribution in [1.29, 1.82) is 0 Å². The lowest BCUT2D eigenvalue weighted by atomic mass is 10.1. The van der Waals surface area contributed by atoms with Crippen LogP contribution in [0.2, 0.25) is 0 Å². The minimum Gasteiger partial charge on any atom is -0.485 e. The molecule has 1 atom stereocenters. The molecule has 2 aromatic rings. The molecule has 0 spiro atoms. The summed E-state index contributed by atoms with van der Waals surface area (Å²) in [7, 11) is 0. The van der Waals surface area contributed by atoms with Gasteiger partial charge in [-0.1, -0.05) is 36.4 Å². The number of carbonyl (C=O) groups excluding carboxylic acids is 1. The zero-order valence-corrected chi connectivity index (χ0v) is 12.5. The molecule has 0 saturated carbocycles. The third kappa shape index (κ3) is 2.65. The Bertz CT molecular complexity index is 785. The zero-order valence-electron chi connectivity index (χ0n) is 12.5. The average molecular weight is 308 g/mol. The first-order valence-corrected chi connectivity index (χ1v) is 7.64. The summed E-state index contributed by atoms with van der Waals surface area (Å²) in [6.45, 7) is 0.185. The number of hydrogen-bond acceptors (Lipinski definition) is 4. The molecule has 1 amide bonds. The van der Waals surface area contributed by atoms with Crippen molar-refractivity contribution in [1.82, 2.24) is 5.43 Å². The van der Waals surface area contributed by atoms with Crippen LogP contribution in [-0.2, 0) is 11.2 Å². The lowest BCUT2D eigenvalue weighted by Crippen LogP contribution is -2.42. The highest BCUT2D eigenvalue weighted by Gasteiger charge is 2.27. The number of benzene rings is 2. The Labute approximate surface area is 133 Å². The number of hydrazone groups is 1. The standard InChI is InChI=1S/C18H16N2O3/c21-18(17-11-22-15-7-3-4-8-16(15)23-17)20-19-14-10-9-12-5-1-2-6-13(12)14/h1-8,17H,9-11H2,(H,20,21)/b19-14-/t17-/m0/s1. The molecule has 1 aliphatic carbocycles. The minimum atomic E-state index is -0.689. The fourth-order valence-electron chi connectivity index (χ4n) is 2.87. The Morgan fingerprint density at radius 1 is 1.04 bits per heavy atom. The summed E-state index contributed by atoms with van der Waals surface area (Å²) in [5.74, 6) is 0.946. The van der Waals surface area contributed by atoms with Crippen LogP contribution in [0.3, 0.4) is 0 Å². The van der Waals surface area contributed by atoms with E-state index in [-0.39, 0.29) is 12.5 Å². The predicted molar refractivity (Wildman–Crippen MR) is 85.8 cm³/mol. The van der Waals surface area contributed by atoms with Crippen molar-refractivity contribution in [3.8, 4) is 11.5 Å².